The van der Waals surface area contributed by atoms with E-state index in [1.165, 1.54) is 4.90 Å². The van der Waals surface area contributed by atoms with Gasteiger partial charge in [-0.05, 0) is 30.3 Å². The Balaban J connectivity index is 1.88. The zero-order chi connectivity index (χ0) is 15.5. The largest absolute Gasteiger partial charge is 0.491 e. The van der Waals surface area contributed by atoms with Crippen molar-refractivity contribution in [2.45, 2.75) is 6.42 Å². The maximum Gasteiger partial charge on any atom is 0.255 e. The van der Waals surface area contributed by atoms with E-state index in [0.29, 0.717) is 30.0 Å². The van der Waals surface area contributed by atoms with Crippen LogP contribution in [0.2, 0.25) is 0 Å². The fraction of sp³-hybridized carbons (Fsp3) is 0.176. The van der Waals surface area contributed by atoms with Gasteiger partial charge in [0, 0.05) is 18.3 Å². The van der Waals surface area contributed by atoms with E-state index in [4.69, 9.17) is 4.74 Å². The highest BCUT2D eigenvalue weighted by atomic mass is 16.5. The number of fused-ring (bicyclic) bond motifs is 1. The third-order valence-corrected chi connectivity index (χ3v) is 3.56. The van der Waals surface area contributed by atoms with Crippen molar-refractivity contribution in [2.24, 2.45) is 0 Å². The topological polar surface area (TPSA) is 58.6 Å². The first kappa shape index (κ1) is 14.1. The number of carbonyl (C=O) groups is 2. The van der Waals surface area contributed by atoms with Crippen molar-refractivity contribution in [3.05, 3.63) is 54.1 Å². The average molecular weight is 296 g/mol. The molecule has 0 aromatic heterocycles. The molecule has 112 valence electrons. The van der Waals surface area contributed by atoms with Crippen molar-refractivity contribution in [3.8, 4) is 5.75 Å². The van der Waals surface area contributed by atoms with Gasteiger partial charge in [-0.25, -0.2) is 0 Å². The Kier molecular flexibility index (Phi) is 3.78. The SMILES string of the molecule is CN1C(=O)CCOc2ccc(C(=O)Nc3ccccc3)cc21. The fourth-order valence-electron chi connectivity index (χ4n) is 2.32. The lowest BCUT2D eigenvalue weighted by Crippen LogP contribution is -2.25. The van der Waals surface area contributed by atoms with Crippen LogP contribution >= 0.6 is 0 Å². The molecule has 1 aliphatic heterocycles. The van der Waals surface area contributed by atoms with Crippen LogP contribution in [0.25, 0.3) is 0 Å². The molecule has 0 saturated heterocycles. The van der Waals surface area contributed by atoms with Crippen molar-refractivity contribution in [2.75, 3.05) is 23.9 Å². The van der Waals surface area contributed by atoms with Crippen LogP contribution in [0.3, 0.4) is 0 Å². The monoisotopic (exact) mass is 296 g/mol. The third-order valence-electron chi connectivity index (χ3n) is 3.56. The highest BCUT2D eigenvalue weighted by Gasteiger charge is 2.21. The molecule has 2 amide bonds. The minimum atomic E-state index is -0.223. The molecule has 0 unspecified atom stereocenters. The van der Waals surface area contributed by atoms with Gasteiger partial charge in [-0.2, -0.15) is 0 Å². The average Bonchev–Trinajstić information content (AvgIpc) is 2.68. The van der Waals surface area contributed by atoms with E-state index in [1.807, 2.05) is 30.3 Å². The zero-order valence-electron chi connectivity index (χ0n) is 12.2. The normalized spacial score (nSPS) is 13.9. The van der Waals surface area contributed by atoms with Gasteiger partial charge in [0.05, 0.1) is 18.7 Å². The van der Waals surface area contributed by atoms with Crippen LogP contribution in [0.1, 0.15) is 16.8 Å². The summed E-state index contributed by atoms with van der Waals surface area (Å²) in [7, 11) is 1.69. The van der Waals surface area contributed by atoms with Crippen LogP contribution in [0, 0.1) is 0 Å². The first-order valence-corrected chi connectivity index (χ1v) is 7.05. The number of benzene rings is 2. The minimum Gasteiger partial charge on any atom is -0.491 e. The maximum absolute atomic E-state index is 12.3. The number of ether oxygens (including phenoxy) is 1. The molecule has 3 rings (SSSR count). The highest BCUT2D eigenvalue weighted by Crippen LogP contribution is 2.31. The second-order valence-corrected chi connectivity index (χ2v) is 5.05. The van der Waals surface area contributed by atoms with E-state index in [0.717, 1.165) is 5.69 Å². The molecule has 0 aliphatic carbocycles. The van der Waals surface area contributed by atoms with E-state index >= 15 is 0 Å². The number of amides is 2. The summed E-state index contributed by atoms with van der Waals surface area (Å²) < 4.78 is 5.55. The molecule has 5 heteroatoms. The third kappa shape index (κ3) is 2.79. The molecule has 1 heterocycles. The Labute approximate surface area is 128 Å². The van der Waals surface area contributed by atoms with Crippen molar-refractivity contribution in [1.29, 1.82) is 0 Å². The van der Waals surface area contributed by atoms with E-state index in [9.17, 15) is 9.59 Å². The number of anilines is 2. The summed E-state index contributed by atoms with van der Waals surface area (Å²) in [5.74, 6) is 0.364. The molecular formula is C17H16N2O3. The van der Waals surface area contributed by atoms with Crippen LogP contribution in [0.5, 0.6) is 5.75 Å². The van der Waals surface area contributed by atoms with E-state index in [1.54, 1.807) is 25.2 Å². The number of nitrogens with one attached hydrogen (secondary N) is 1. The second kappa shape index (κ2) is 5.89. The first-order valence-electron chi connectivity index (χ1n) is 7.05. The predicted octanol–water partition coefficient (Wildman–Crippen LogP) is 2.68. The number of carbonyl (C=O) groups excluding carboxylic acids is 2. The maximum atomic E-state index is 12.3. The van der Waals surface area contributed by atoms with E-state index in [-0.39, 0.29) is 11.8 Å². The molecule has 0 atom stereocenters. The van der Waals surface area contributed by atoms with Crippen LogP contribution in [-0.4, -0.2) is 25.5 Å². The lowest BCUT2D eigenvalue weighted by atomic mass is 10.1. The van der Waals surface area contributed by atoms with Crippen LogP contribution < -0.4 is 15.0 Å². The van der Waals surface area contributed by atoms with Crippen molar-refractivity contribution < 1.29 is 14.3 Å². The van der Waals surface area contributed by atoms with Crippen molar-refractivity contribution in [1.82, 2.24) is 0 Å². The lowest BCUT2D eigenvalue weighted by Gasteiger charge is -2.17. The van der Waals surface area contributed by atoms with Gasteiger partial charge in [0.1, 0.15) is 5.75 Å². The number of hydrogen-bond donors (Lipinski definition) is 1. The Hall–Kier alpha value is -2.82. The molecular weight excluding hydrogens is 280 g/mol. The summed E-state index contributed by atoms with van der Waals surface area (Å²) >= 11 is 0. The standard InChI is InChI=1S/C17H16N2O3/c1-19-14-11-12(7-8-15(14)22-10-9-16(19)20)17(21)18-13-5-3-2-4-6-13/h2-8,11H,9-10H2,1H3,(H,18,21). The van der Waals surface area contributed by atoms with Gasteiger partial charge >= 0.3 is 0 Å². The second-order valence-electron chi connectivity index (χ2n) is 5.05. The smallest absolute Gasteiger partial charge is 0.255 e. The number of nitrogens with zero attached hydrogens (tertiary/aromatic N) is 1. The molecule has 2 aromatic carbocycles. The molecule has 0 spiro atoms. The number of rotatable bonds is 2. The van der Waals surface area contributed by atoms with Gasteiger partial charge < -0.3 is 15.0 Å². The minimum absolute atomic E-state index is 0.0284. The molecule has 0 radical (unpaired) electrons. The molecule has 22 heavy (non-hydrogen) atoms. The quantitative estimate of drug-likeness (QED) is 0.927. The summed E-state index contributed by atoms with van der Waals surface area (Å²) in [6, 6.07) is 14.3. The number of hydrogen-bond acceptors (Lipinski definition) is 3. The van der Waals surface area contributed by atoms with Gasteiger partial charge in [-0.3, -0.25) is 9.59 Å². The highest BCUT2D eigenvalue weighted by molar-refractivity contribution is 6.06. The Bertz CT molecular complexity index is 713. The molecule has 0 bridgehead atoms. The molecule has 0 saturated carbocycles. The van der Waals surface area contributed by atoms with Crippen LogP contribution in [-0.2, 0) is 4.79 Å². The van der Waals surface area contributed by atoms with E-state index < -0.39 is 0 Å². The van der Waals surface area contributed by atoms with Crippen LogP contribution in [0.15, 0.2) is 48.5 Å². The molecule has 5 nitrogen and oxygen atoms in total. The number of para-hydroxylation sites is 1. The summed E-state index contributed by atoms with van der Waals surface area (Å²) in [5, 5.41) is 2.82. The van der Waals surface area contributed by atoms with Crippen molar-refractivity contribution in [3.63, 3.8) is 0 Å². The molecule has 0 fully saturated rings. The molecule has 2 aromatic rings. The van der Waals surface area contributed by atoms with E-state index in [2.05, 4.69) is 5.32 Å². The Morgan fingerprint density at radius 2 is 1.95 bits per heavy atom. The van der Waals surface area contributed by atoms with Gasteiger partial charge in [0.2, 0.25) is 5.91 Å². The Morgan fingerprint density at radius 3 is 2.73 bits per heavy atom. The summed E-state index contributed by atoms with van der Waals surface area (Å²) in [6.07, 6.45) is 0.330. The predicted molar refractivity (Wildman–Crippen MR) is 84.4 cm³/mol. The summed E-state index contributed by atoms with van der Waals surface area (Å²) in [5.41, 5.74) is 1.82. The van der Waals surface area contributed by atoms with Gasteiger partial charge in [0.25, 0.3) is 5.91 Å². The lowest BCUT2D eigenvalue weighted by molar-refractivity contribution is -0.118. The summed E-state index contributed by atoms with van der Waals surface area (Å²) in [4.78, 5) is 25.7. The van der Waals surface area contributed by atoms with Gasteiger partial charge in [-0.15, -0.1) is 0 Å². The molecule has 1 N–H and O–H groups in total. The van der Waals surface area contributed by atoms with Gasteiger partial charge in [-0.1, -0.05) is 18.2 Å². The zero-order valence-corrected chi connectivity index (χ0v) is 12.2. The van der Waals surface area contributed by atoms with Crippen molar-refractivity contribution >= 4 is 23.2 Å². The first-order chi connectivity index (χ1) is 10.6. The van der Waals surface area contributed by atoms with Crippen LogP contribution in [0.4, 0.5) is 11.4 Å². The fourth-order valence-corrected chi connectivity index (χ4v) is 2.32. The Morgan fingerprint density at radius 1 is 1.18 bits per heavy atom. The van der Waals surface area contributed by atoms with Gasteiger partial charge in [0.15, 0.2) is 0 Å². The molecule has 1 aliphatic rings. The summed E-state index contributed by atoms with van der Waals surface area (Å²) in [6.45, 7) is 0.353.